The van der Waals surface area contributed by atoms with Crippen LogP contribution in [0.25, 0.3) is 6.08 Å². The van der Waals surface area contributed by atoms with Crippen molar-refractivity contribution in [2.45, 2.75) is 13.5 Å². The minimum Gasteiger partial charge on any atom is -0.493 e. The van der Waals surface area contributed by atoms with E-state index in [0.717, 1.165) is 16.3 Å². The number of hydrogen-bond donors (Lipinski definition) is 0. The second-order valence-electron chi connectivity index (χ2n) is 5.95. The Labute approximate surface area is 172 Å². The zero-order valence-corrected chi connectivity index (χ0v) is 16.7. The molecule has 0 spiro atoms. The first-order valence-electron chi connectivity index (χ1n) is 8.69. The lowest BCUT2D eigenvalue weighted by molar-refractivity contribution is -0.129. The van der Waals surface area contributed by atoms with E-state index in [1.165, 1.54) is 25.3 Å². The summed E-state index contributed by atoms with van der Waals surface area (Å²) >= 11 is 1.58. The van der Waals surface area contributed by atoms with Crippen molar-refractivity contribution in [2.24, 2.45) is 0 Å². The number of aryl methyl sites for hydroxylation is 1. The first-order valence-corrected chi connectivity index (χ1v) is 9.57. The third kappa shape index (κ3) is 5.67. The molecule has 0 aliphatic carbocycles. The third-order valence-corrected chi connectivity index (χ3v) is 4.65. The molecule has 1 heterocycles. The second kappa shape index (κ2) is 9.53. The van der Waals surface area contributed by atoms with Gasteiger partial charge in [0, 0.05) is 17.5 Å². The highest BCUT2D eigenvalue weighted by Crippen LogP contribution is 2.28. The predicted molar refractivity (Wildman–Crippen MR) is 110 cm³/mol. The molecule has 0 atom stereocenters. The number of aromatic nitrogens is 1. The quantitative estimate of drug-likeness (QED) is 0.326. The molecule has 0 N–H and O–H groups in total. The number of carbonyl (C=O) groups is 1. The van der Waals surface area contributed by atoms with Crippen molar-refractivity contribution in [1.29, 1.82) is 5.26 Å². The SMILES string of the molecule is COc1cc(C#N)ccc1OC(=O)/C=C/c1cccc(OCc2csc(C)n2)c1. The van der Waals surface area contributed by atoms with Gasteiger partial charge in [-0.15, -0.1) is 11.3 Å². The van der Waals surface area contributed by atoms with Gasteiger partial charge in [0.1, 0.15) is 12.4 Å². The fraction of sp³-hybridized carbons (Fsp3) is 0.136. The van der Waals surface area contributed by atoms with Gasteiger partial charge in [0.25, 0.3) is 0 Å². The van der Waals surface area contributed by atoms with Crippen LogP contribution in [0.5, 0.6) is 17.2 Å². The number of benzene rings is 2. The fourth-order valence-corrected chi connectivity index (χ4v) is 3.07. The summed E-state index contributed by atoms with van der Waals surface area (Å²) in [6.45, 7) is 2.34. The normalized spacial score (nSPS) is 10.5. The van der Waals surface area contributed by atoms with E-state index in [1.807, 2.05) is 42.6 Å². The van der Waals surface area contributed by atoms with Crippen molar-refractivity contribution >= 4 is 23.4 Å². The largest absolute Gasteiger partial charge is 0.493 e. The van der Waals surface area contributed by atoms with Crippen molar-refractivity contribution in [2.75, 3.05) is 7.11 Å². The van der Waals surface area contributed by atoms with Crippen LogP contribution in [0.3, 0.4) is 0 Å². The first kappa shape index (κ1) is 20.1. The van der Waals surface area contributed by atoms with Crippen molar-refractivity contribution in [3.63, 3.8) is 0 Å². The zero-order chi connectivity index (χ0) is 20.6. The van der Waals surface area contributed by atoms with E-state index in [9.17, 15) is 4.79 Å². The lowest BCUT2D eigenvalue weighted by Crippen LogP contribution is -2.05. The molecule has 0 bridgehead atoms. The highest BCUT2D eigenvalue weighted by Gasteiger charge is 2.09. The summed E-state index contributed by atoms with van der Waals surface area (Å²) < 4.78 is 16.2. The number of rotatable bonds is 7. The lowest BCUT2D eigenvalue weighted by atomic mass is 10.2. The van der Waals surface area contributed by atoms with Crippen LogP contribution >= 0.6 is 11.3 Å². The topological polar surface area (TPSA) is 81.4 Å². The maximum Gasteiger partial charge on any atom is 0.336 e. The number of carbonyl (C=O) groups excluding carboxylic acids is 1. The van der Waals surface area contributed by atoms with Crippen molar-refractivity contribution in [3.05, 3.63) is 75.7 Å². The van der Waals surface area contributed by atoms with Crippen LogP contribution in [0.1, 0.15) is 21.8 Å². The van der Waals surface area contributed by atoms with E-state index in [0.29, 0.717) is 23.7 Å². The Morgan fingerprint density at radius 2 is 2.10 bits per heavy atom. The summed E-state index contributed by atoms with van der Waals surface area (Å²) in [5.74, 6) is 0.687. The molecule has 3 aromatic rings. The number of esters is 1. The smallest absolute Gasteiger partial charge is 0.336 e. The van der Waals surface area contributed by atoms with Gasteiger partial charge in [-0.05, 0) is 42.8 Å². The molecule has 0 radical (unpaired) electrons. The highest BCUT2D eigenvalue weighted by atomic mass is 32.1. The van der Waals surface area contributed by atoms with Crippen LogP contribution in [-0.2, 0) is 11.4 Å². The fourth-order valence-electron chi connectivity index (χ4n) is 2.47. The molecular weight excluding hydrogens is 388 g/mol. The van der Waals surface area contributed by atoms with E-state index in [-0.39, 0.29) is 5.75 Å². The minimum absolute atomic E-state index is 0.247. The van der Waals surface area contributed by atoms with Crippen LogP contribution < -0.4 is 14.2 Å². The molecule has 0 saturated heterocycles. The standard InChI is InChI=1S/C22H18N2O4S/c1-15-24-18(14-29-15)13-27-19-5-3-4-16(10-19)7-9-22(25)28-20-8-6-17(12-23)11-21(20)26-2/h3-11,14H,13H2,1-2H3/b9-7+. The van der Waals surface area contributed by atoms with Crippen LogP contribution in [-0.4, -0.2) is 18.1 Å². The number of hydrogen-bond acceptors (Lipinski definition) is 7. The van der Waals surface area contributed by atoms with E-state index in [4.69, 9.17) is 19.5 Å². The average Bonchev–Trinajstić information content (AvgIpc) is 3.16. The Kier molecular flexibility index (Phi) is 6.61. The summed E-state index contributed by atoms with van der Waals surface area (Å²) in [5.41, 5.74) is 2.09. The maximum atomic E-state index is 12.1. The van der Waals surface area contributed by atoms with Gasteiger partial charge < -0.3 is 14.2 Å². The number of nitriles is 1. The molecule has 0 amide bonds. The van der Waals surface area contributed by atoms with E-state index in [1.54, 1.807) is 23.5 Å². The molecule has 6 nitrogen and oxygen atoms in total. The molecule has 0 saturated carbocycles. The number of nitrogens with zero attached hydrogens (tertiary/aromatic N) is 2. The molecule has 3 rings (SSSR count). The van der Waals surface area contributed by atoms with Gasteiger partial charge in [-0.2, -0.15) is 5.26 Å². The molecule has 2 aromatic carbocycles. The molecule has 7 heteroatoms. The summed E-state index contributed by atoms with van der Waals surface area (Å²) in [5, 5.41) is 11.9. The zero-order valence-electron chi connectivity index (χ0n) is 15.9. The lowest BCUT2D eigenvalue weighted by Gasteiger charge is -2.08. The summed E-state index contributed by atoms with van der Waals surface area (Å²) in [6.07, 6.45) is 2.96. The second-order valence-corrected chi connectivity index (χ2v) is 7.01. The Hall–Kier alpha value is -3.63. The molecule has 29 heavy (non-hydrogen) atoms. The van der Waals surface area contributed by atoms with Gasteiger partial charge in [0.05, 0.1) is 29.4 Å². The monoisotopic (exact) mass is 406 g/mol. The van der Waals surface area contributed by atoms with E-state index in [2.05, 4.69) is 4.98 Å². The molecule has 0 fully saturated rings. The molecule has 0 aliphatic heterocycles. The molecular formula is C22H18N2O4S. The molecule has 1 aromatic heterocycles. The van der Waals surface area contributed by atoms with Crippen molar-refractivity contribution in [3.8, 4) is 23.3 Å². The molecule has 146 valence electrons. The predicted octanol–water partition coefficient (Wildman–Crippen LogP) is 4.53. The average molecular weight is 406 g/mol. The van der Waals surface area contributed by atoms with E-state index >= 15 is 0 Å². The van der Waals surface area contributed by atoms with Gasteiger partial charge in [0.2, 0.25) is 0 Å². The van der Waals surface area contributed by atoms with E-state index < -0.39 is 5.97 Å². The number of methoxy groups -OCH3 is 1. The Morgan fingerprint density at radius 1 is 1.24 bits per heavy atom. The maximum absolute atomic E-state index is 12.1. The van der Waals surface area contributed by atoms with Crippen molar-refractivity contribution < 1.29 is 19.0 Å². The number of ether oxygens (including phenoxy) is 3. The minimum atomic E-state index is -0.558. The van der Waals surface area contributed by atoms with Crippen LogP contribution in [0.2, 0.25) is 0 Å². The summed E-state index contributed by atoms with van der Waals surface area (Å²) in [4.78, 5) is 16.5. The van der Waals surface area contributed by atoms with Crippen LogP contribution in [0, 0.1) is 18.3 Å². The van der Waals surface area contributed by atoms with Crippen LogP contribution in [0.4, 0.5) is 0 Å². The van der Waals surface area contributed by atoms with Gasteiger partial charge in [0.15, 0.2) is 11.5 Å². The summed E-state index contributed by atoms with van der Waals surface area (Å²) in [6, 6.07) is 14.0. The molecule has 0 aliphatic rings. The number of thiazole rings is 1. The van der Waals surface area contributed by atoms with Gasteiger partial charge in [-0.1, -0.05) is 12.1 Å². The van der Waals surface area contributed by atoms with Crippen molar-refractivity contribution in [1.82, 2.24) is 4.98 Å². The Balaban J connectivity index is 1.62. The van der Waals surface area contributed by atoms with Gasteiger partial charge >= 0.3 is 5.97 Å². The molecule has 0 unspecified atom stereocenters. The van der Waals surface area contributed by atoms with Gasteiger partial charge in [-0.3, -0.25) is 0 Å². The Morgan fingerprint density at radius 3 is 2.83 bits per heavy atom. The third-order valence-electron chi connectivity index (χ3n) is 3.83. The highest BCUT2D eigenvalue weighted by molar-refractivity contribution is 7.09. The first-order chi connectivity index (χ1) is 14.1. The van der Waals surface area contributed by atoms with Crippen LogP contribution in [0.15, 0.2) is 53.9 Å². The summed E-state index contributed by atoms with van der Waals surface area (Å²) in [7, 11) is 1.45. The Bertz CT molecular complexity index is 1080. The van der Waals surface area contributed by atoms with Gasteiger partial charge in [-0.25, -0.2) is 9.78 Å².